The number of ether oxygens (including phenoxy) is 1. The molecule has 2 aromatic rings. The molecule has 1 atom stereocenters. The highest BCUT2D eigenvalue weighted by atomic mass is 32.1. The zero-order chi connectivity index (χ0) is 16.9. The van der Waals surface area contributed by atoms with E-state index >= 15 is 0 Å². The fourth-order valence-corrected chi connectivity index (χ4v) is 3.72. The Kier molecular flexibility index (Phi) is 5.60. The smallest absolute Gasteiger partial charge is 0.250 e. The van der Waals surface area contributed by atoms with Gasteiger partial charge in [-0.25, -0.2) is 4.98 Å². The van der Waals surface area contributed by atoms with E-state index in [1.54, 1.807) is 11.3 Å². The summed E-state index contributed by atoms with van der Waals surface area (Å²) >= 11 is 1.69. The van der Waals surface area contributed by atoms with Gasteiger partial charge in [-0.3, -0.25) is 4.79 Å². The summed E-state index contributed by atoms with van der Waals surface area (Å²) in [5.41, 5.74) is 2.18. The summed E-state index contributed by atoms with van der Waals surface area (Å²) in [6, 6.07) is 10.2. The van der Waals surface area contributed by atoms with E-state index in [1.807, 2.05) is 25.2 Å². The van der Waals surface area contributed by atoms with E-state index in [0.717, 1.165) is 29.2 Å². The van der Waals surface area contributed by atoms with Crippen LogP contribution in [0.2, 0.25) is 0 Å². The fraction of sp³-hybridized carbons (Fsp3) is 0.444. The van der Waals surface area contributed by atoms with Crippen LogP contribution in [-0.2, 0) is 16.0 Å². The topological polar surface area (TPSA) is 54.5 Å². The van der Waals surface area contributed by atoms with Crippen LogP contribution < -0.4 is 5.32 Å². The lowest BCUT2D eigenvalue weighted by Gasteiger charge is -2.29. The Morgan fingerprint density at radius 2 is 2.21 bits per heavy atom. The van der Waals surface area contributed by atoms with Crippen molar-refractivity contribution >= 4 is 17.2 Å². The predicted molar refractivity (Wildman–Crippen MR) is 96.2 cm³/mol. The van der Waals surface area contributed by atoms with Crippen LogP contribution in [-0.4, -0.2) is 55.2 Å². The predicted octanol–water partition coefficient (Wildman–Crippen LogP) is 2.11. The van der Waals surface area contributed by atoms with Crippen molar-refractivity contribution < 1.29 is 9.53 Å². The molecule has 0 radical (unpaired) electrons. The minimum atomic E-state index is -0.360. The fourth-order valence-electron chi connectivity index (χ4n) is 2.77. The number of carbonyl (C=O) groups is 1. The molecule has 1 aliphatic rings. The van der Waals surface area contributed by atoms with Gasteiger partial charge in [-0.1, -0.05) is 30.3 Å². The van der Waals surface area contributed by atoms with Crippen LogP contribution in [0.15, 0.2) is 30.3 Å². The first-order chi connectivity index (χ1) is 11.6. The molecule has 0 spiro atoms. The van der Waals surface area contributed by atoms with Gasteiger partial charge >= 0.3 is 0 Å². The van der Waals surface area contributed by atoms with Crippen molar-refractivity contribution in [3.8, 4) is 11.3 Å². The highest BCUT2D eigenvalue weighted by molar-refractivity contribution is 7.12. The van der Waals surface area contributed by atoms with Crippen LogP contribution in [0.4, 0.5) is 0 Å². The number of hydrogen-bond donors (Lipinski definition) is 1. The largest absolute Gasteiger partial charge is 0.366 e. The van der Waals surface area contributed by atoms with Crippen LogP contribution in [0, 0.1) is 6.92 Å². The third kappa shape index (κ3) is 4.20. The first kappa shape index (κ1) is 17.1. The number of likely N-dealkylation sites (N-methyl/N-ethyl adjacent to an activating group) is 1. The molecule has 0 bridgehead atoms. The lowest BCUT2D eigenvalue weighted by atomic mass is 10.1. The number of aromatic nitrogens is 1. The number of nitrogens with zero attached hydrogens (tertiary/aromatic N) is 2. The number of nitrogens with one attached hydrogen (secondary N) is 1. The Morgan fingerprint density at radius 1 is 1.42 bits per heavy atom. The van der Waals surface area contributed by atoms with E-state index < -0.39 is 0 Å². The number of aryl methyl sites for hydroxylation is 1. The highest BCUT2D eigenvalue weighted by Crippen LogP contribution is 2.27. The molecule has 1 fully saturated rings. The number of benzene rings is 1. The molecule has 1 amide bonds. The molecular formula is C18H23N3O2S. The van der Waals surface area contributed by atoms with Gasteiger partial charge in [0.2, 0.25) is 5.91 Å². The van der Waals surface area contributed by atoms with Crippen molar-refractivity contribution in [2.75, 3.05) is 33.3 Å². The molecule has 6 heteroatoms. The van der Waals surface area contributed by atoms with Crippen molar-refractivity contribution in [1.82, 2.24) is 15.2 Å². The summed E-state index contributed by atoms with van der Waals surface area (Å²) in [4.78, 5) is 20.2. The van der Waals surface area contributed by atoms with E-state index in [9.17, 15) is 4.79 Å². The Hall–Kier alpha value is -1.76. The summed E-state index contributed by atoms with van der Waals surface area (Å²) in [7, 11) is 2.01. The van der Waals surface area contributed by atoms with Gasteiger partial charge in [0, 0.05) is 36.5 Å². The van der Waals surface area contributed by atoms with Gasteiger partial charge in [0.25, 0.3) is 0 Å². The minimum absolute atomic E-state index is 0.0295. The molecule has 0 unspecified atom stereocenters. The number of morpholine rings is 1. The molecule has 3 rings (SSSR count). The second-order valence-electron chi connectivity index (χ2n) is 6.04. The highest BCUT2D eigenvalue weighted by Gasteiger charge is 2.24. The average Bonchev–Trinajstić information content (AvgIpc) is 2.96. The maximum absolute atomic E-state index is 12.1. The van der Waals surface area contributed by atoms with Crippen molar-refractivity contribution in [3.05, 3.63) is 40.2 Å². The maximum Gasteiger partial charge on any atom is 0.250 e. The van der Waals surface area contributed by atoms with Crippen LogP contribution in [0.1, 0.15) is 9.88 Å². The number of hydrogen-bond acceptors (Lipinski definition) is 5. The lowest BCUT2D eigenvalue weighted by Crippen LogP contribution is -2.48. The van der Waals surface area contributed by atoms with E-state index in [0.29, 0.717) is 19.7 Å². The minimum Gasteiger partial charge on any atom is -0.366 e. The second-order valence-corrected chi connectivity index (χ2v) is 7.33. The first-order valence-corrected chi connectivity index (χ1v) is 9.04. The summed E-state index contributed by atoms with van der Waals surface area (Å²) in [5.74, 6) is -0.0295. The summed E-state index contributed by atoms with van der Waals surface area (Å²) in [5, 5.41) is 4.02. The summed E-state index contributed by atoms with van der Waals surface area (Å²) < 4.78 is 5.53. The van der Waals surface area contributed by atoms with Gasteiger partial charge in [-0.2, -0.15) is 0 Å². The standard InChI is InChI=1S/C18H23N3O2S/c1-13-17(14-6-4-3-5-7-14)20-16(24-13)8-9-19-18(22)15-12-21(2)10-11-23-15/h3-7,15H,8-12H2,1-2H3,(H,19,22)/t15-/m0/s1. The van der Waals surface area contributed by atoms with Crippen molar-refractivity contribution in [1.29, 1.82) is 0 Å². The Morgan fingerprint density at radius 3 is 2.96 bits per heavy atom. The SMILES string of the molecule is Cc1sc(CCNC(=O)[C@@H]2CN(C)CCO2)nc1-c1ccccc1. The van der Waals surface area contributed by atoms with Gasteiger partial charge < -0.3 is 15.0 Å². The van der Waals surface area contributed by atoms with Gasteiger partial charge in [0.1, 0.15) is 6.10 Å². The van der Waals surface area contributed by atoms with Crippen molar-refractivity contribution in [2.45, 2.75) is 19.4 Å². The normalized spacial score (nSPS) is 18.5. The van der Waals surface area contributed by atoms with Gasteiger partial charge in [0.15, 0.2) is 0 Å². The van der Waals surface area contributed by atoms with Crippen LogP contribution >= 0.6 is 11.3 Å². The quantitative estimate of drug-likeness (QED) is 0.902. The van der Waals surface area contributed by atoms with Crippen LogP contribution in [0.5, 0.6) is 0 Å². The van der Waals surface area contributed by atoms with Crippen molar-refractivity contribution in [2.24, 2.45) is 0 Å². The van der Waals surface area contributed by atoms with E-state index in [2.05, 4.69) is 29.3 Å². The molecule has 1 aliphatic heterocycles. The van der Waals surface area contributed by atoms with Gasteiger partial charge in [-0.05, 0) is 14.0 Å². The molecule has 1 aromatic carbocycles. The molecule has 1 aromatic heterocycles. The Bertz CT molecular complexity index is 687. The van der Waals surface area contributed by atoms with Crippen LogP contribution in [0.25, 0.3) is 11.3 Å². The molecule has 0 aliphatic carbocycles. The number of rotatable bonds is 5. The third-order valence-corrected chi connectivity index (χ3v) is 5.12. The summed E-state index contributed by atoms with van der Waals surface area (Å²) in [6.07, 6.45) is 0.383. The second kappa shape index (κ2) is 7.88. The zero-order valence-corrected chi connectivity index (χ0v) is 14.9. The monoisotopic (exact) mass is 345 g/mol. The van der Waals surface area contributed by atoms with Gasteiger partial charge in [-0.15, -0.1) is 11.3 Å². The van der Waals surface area contributed by atoms with E-state index in [4.69, 9.17) is 9.72 Å². The molecule has 1 N–H and O–H groups in total. The Labute approximate surface area is 146 Å². The number of thiazole rings is 1. The Balaban J connectivity index is 1.53. The maximum atomic E-state index is 12.1. The zero-order valence-electron chi connectivity index (χ0n) is 14.1. The van der Waals surface area contributed by atoms with Gasteiger partial charge in [0.05, 0.1) is 17.3 Å². The molecule has 0 saturated carbocycles. The molecule has 5 nitrogen and oxygen atoms in total. The molecular weight excluding hydrogens is 322 g/mol. The first-order valence-electron chi connectivity index (χ1n) is 8.23. The molecule has 24 heavy (non-hydrogen) atoms. The number of carbonyl (C=O) groups excluding carboxylic acids is 1. The average molecular weight is 345 g/mol. The molecule has 2 heterocycles. The molecule has 128 valence electrons. The molecule has 1 saturated heterocycles. The third-order valence-electron chi connectivity index (χ3n) is 4.09. The van der Waals surface area contributed by atoms with E-state index in [-0.39, 0.29) is 12.0 Å². The number of amides is 1. The van der Waals surface area contributed by atoms with Crippen LogP contribution in [0.3, 0.4) is 0 Å². The lowest BCUT2D eigenvalue weighted by molar-refractivity contribution is -0.137. The van der Waals surface area contributed by atoms with Crippen molar-refractivity contribution in [3.63, 3.8) is 0 Å². The van der Waals surface area contributed by atoms with E-state index in [1.165, 1.54) is 4.88 Å². The summed E-state index contributed by atoms with van der Waals surface area (Å²) in [6.45, 7) is 4.82.